The lowest BCUT2D eigenvalue weighted by molar-refractivity contribution is -0.196. The first-order valence-electron chi connectivity index (χ1n) is 16.7. The summed E-state index contributed by atoms with van der Waals surface area (Å²) in [6, 6.07) is 3.47. The minimum atomic E-state index is -4.83. The van der Waals surface area contributed by atoms with Crippen LogP contribution in [0.4, 0.5) is 19.1 Å². The molecule has 5 heterocycles. The summed E-state index contributed by atoms with van der Waals surface area (Å²) in [7, 11) is 0. The van der Waals surface area contributed by atoms with E-state index in [9.17, 15) is 32.9 Å². The third-order valence-electron chi connectivity index (χ3n) is 8.46. The van der Waals surface area contributed by atoms with Crippen LogP contribution in [0.25, 0.3) is 11.2 Å². The fourth-order valence-corrected chi connectivity index (χ4v) is 9.59. The summed E-state index contributed by atoms with van der Waals surface area (Å²) in [5, 5.41) is 11.7. The van der Waals surface area contributed by atoms with Crippen LogP contribution in [-0.2, 0) is 60.5 Å². The maximum atomic E-state index is 13.7. The number of fused-ring (bicyclic) bond motifs is 4. The van der Waals surface area contributed by atoms with Crippen molar-refractivity contribution in [1.29, 1.82) is 5.26 Å². The number of rotatable bonds is 10. The van der Waals surface area contributed by atoms with Crippen LogP contribution in [0.15, 0.2) is 29.7 Å². The monoisotopic (exact) mass is 854 g/mol. The SMILES string of the molecule is CC(C)C(=O)Nc1nc2c(ncn2[C@@H]2O[C@@H]3COP(O)(=S)O[C@H]4C[C@H](Oc5ccncn5)C[C@@H]4CO[P@](=S)(OCCC#N)O[C@@H]2[C@@H]3OCC(F)(F)F)c(=O)[nH]1. The van der Waals surface area contributed by atoms with Gasteiger partial charge in [0.15, 0.2) is 17.4 Å². The molecule has 1 unspecified atom stereocenters. The summed E-state index contributed by atoms with van der Waals surface area (Å²) in [4.78, 5) is 55.5. The van der Waals surface area contributed by atoms with Crippen molar-refractivity contribution in [3.05, 3.63) is 35.3 Å². The van der Waals surface area contributed by atoms with Gasteiger partial charge in [0.05, 0.1) is 44.7 Å². The van der Waals surface area contributed by atoms with Gasteiger partial charge >= 0.3 is 19.6 Å². The molecule has 1 amide bonds. The lowest BCUT2D eigenvalue weighted by atomic mass is 10.1. The molecule has 3 aromatic heterocycles. The molecule has 3 fully saturated rings. The third-order valence-corrected chi connectivity index (χ3v) is 12.4. The number of aromatic nitrogens is 6. The standard InChI is InChI=1S/C29H35F3N8O11P2S2/c1-15(2)25(41)38-28-37-24-21(26(42)39-28)36-14-40(24)27-23-22(44-12-29(30,31)32)19(49-27)11-46-52(43,54)50-18-9-17(48-20-4-6-34-13-35-20)8-16(18)10-47-53(55,51-23)45-7-3-5-33/h4,6,13-19,22-23,27H,3,7-12H2,1-2H3,(H,43,54)(H2,37,38,39,41,42)/t16-,17-,18+,19-,22-,23-,27-,52?,53-/m1/s1. The molecule has 0 aromatic carbocycles. The average molecular weight is 855 g/mol. The van der Waals surface area contributed by atoms with Crippen LogP contribution < -0.4 is 15.6 Å². The van der Waals surface area contributed by atoms with Gasteiger partial charge in [0.1, 0.15) is 37.4 Å². The number of H-pyrrole nitrogens is 1. The molecule has 300 valence electrons. The van der Waals surface area contributed by atoms with Gasteiger partial charge in [-0.3, -0.25) is 29.0 Å². The second-order valence-corrected chi connectivity index (χ2v) is 18.6. The summed E-state index contributed by atoms with van der Waals surface area (Å²) in [5.74, 6) is -1.50. The fraction of sp³-hybridized carbons (Fsp3) is 0.621. The van der Waals surface area contributed by atoms with Crippen molar-refractivity contribution in [2.75, 3.05) is 31.7 Å². The summed E-state index contributed by atoms with van der Waals surface area (Å²) in [5.41, 5.74) is -1.15. The van der Waals surface area contributed by atoms with E-state index in [1.54, 1.807) is 19.9 Å². The molecule has 55 heavy (non-hydrogen) atoms. The molecular formula is C29H35F3N8O11P2S2. The number of nitrogens with one attached hydrogen (secondary N) is 2. The molecule has 2 aliphatic heterocycles. The topological polar surface area (TPSA) is 236 Å². The van der Waals surface area contributed by atoms with E-state index in [4.69, 9.17) is 60.4 Å². The van der Waals surface area contributed by atoms with E-state index >= 15 is 0 Å². The molecule has 9 atom stereocenters. The van der Waals surface area contributed by atoms with Gasteiger partial charge < -0.3 is 37.2 Å². The summed E-state index contributed by atoms with van der Waals surface area (Å²) in [6.45, 7) is -7.93. The Morgan fingerprint density at radius 1 is 1.22 bits per heavy atom. The third kappa shape index (κ3) is 10.5. The van der Waals surface area contributed by atoms with Gasteiger partial charge in [0.2, 0.25) is 17.7 Å². The predicted molar refractivity (Wildman–Crippen MR) is 189 cm³/mol. The van der Waals surface area contributed by atoms with Gasteiger partial charge in [-0.15, -0.1) is 0 Å². The molecule has 1 aliphatic carbocycles. The Kier molecular flexibility index (Phi) is 13.0. The molecule has 3 N–H and O–H groups in total. The Morgan fingerprint density at radius 2 is 2.02 bits per heavy atom. The number of aromatic amines is 1. The van der Waals surface area contributed by atoms with Crippen molar-refractivity contribution in [3.63, 3.8) is 0 Å². The zero-order chi connectivity index (χ0) is 39.5. The van der Waals surface area contributed by atoms with Crippen LogP contribution in [0.5, 0.6) is 5.88 Å². The first-order chi connectivity index (χ1) is 26.0. The number of hydrogen-bond donors (Lipinski definition) is 3. The maximum absolute atomic E-state index is 13.7. The fourth-order valence-electron chi connectivity index (χ4n) is 5.97. The van der Waals surface area contributed by atoms with Crippen LogP contribution in [0.2, 0.25) is 0 Å². The minimum Gasteiger partial charge on any atom is -0.474 e. The Hall–Kier alpha value is -3.04. The van der Waals surface area contributed by atoms with Gasteiger partial charge in [-0.1, -0.05) is 13.8 Å². The van der Waals surface area contributed by atoms with Crippen LogP contribution in [0.3, 0.4) is 0 Å². The quantitative estimate of drug-likeness (QED) is 0.196. The average Bonchev–Trinajstić information content (AvgIpc) is 3.80. The van der Waals surface area contributed by atoms with Crippen molar-refractivity contribution in [3.8, 4) is 11.9 Å². The van der Waals surface area contributed by atoms with Gasteiger partial charge in [0, 0.05) is 30.5 Å². The Bertz CT molecular complexity index is 2040. The zero-order valence-corrected chi connectivity index (χ0v) is 32.4. The molecule has 0 spiro atoms. The number of imidazole rings is 1. The number of ether oxygens (including phenoxy) is 3. The smallest absolute Gasteiger partial charge is 0.411 e. The second-order valence-electron chi connectivity index (χ2n) is 12.8. The summed E-state index contributed by atoms with van der Waals surface area (Å²) >= 11 is 11.2. The van der Waals surface area contributed by atoms with E-state index in [-0.39, 0.29) is 55.5 Å². The molecule has 3 aliphatic rings. The summed E-state index contributed by atoms with van der Waals surface area (Å²) < 4.78 is 89.8. The Balaban J connectivity index is 1.39. The highest BCUT2D eigenvalue weighted by Gasteiger charge is 2.53. The number of anilines is 1. The molecule has 19 nitrogen and oxygen atoms in total. The molecule has 6 rings (SSSR count). The molecule has 26 heteroatoms. The highest BCUT2D eigenvalue weighted by atomic mass is 32.5. The van der Waals surface area contributed by atoms with Crippen molar-refractivity contribution in [1.82, 2.24) is 29.5 Å². The summed E-state index contributed by atoms with van der Waals surface area (Å²) in [6.07, 6.45) is -8.17. The predicted octanol–water partition coefficient (Wildman–Crippen LogP) is 3.40. The Morgan fingerprint density at radius 3 is 2.73 bits per heavy atom. The van der Waals surface area contributed by atoms with E-state index in [1.165, 1.54) is 17.1 Å². The Labute approximate surface area is 320 Å². The first-order valence-corrected chi connectivity index (χ1v) is 21.8. The lowest BCUT2D eigenvalue weighted by Gasteiger charge is -2.31. The van der Waals surface area contributed by atoms with Crippen LogP contribution in [-0.4, -0.2) is 103 Å². The number of alkyl halides is 3. The maximum Gasteiger partial charge on any atom is 0.411 e. The van der Waals surface area contributed by atoms with E-state index in [1.807, 2.05) is 6.07 Å². The molecule has 2 bridgehead atoms. The highest BCUT2D eigenvalue weighted by molar-refractivity contribution is 8.07. The van der Waals surface area contributed by atoms with E-state index < -0.39 is 92.9 Å². The highest BCUT2D eigenvalue weighted by Crippen LogP contribution is 2.57. The number of nitriles is 1. The van der Waals surface area contributed by atoms with Gasteiger partial charge in [-0.25, -0.2) is 15.0 Å². The number of hydrogen-bond acceptors (Lipinski definition) is 17. The largest absolute Gasteiger partial charge is 0.474 e. The van der Waals surface area contributed by atoms with Crippen molar-refractivity contribution in [2.45, 2.75) is 76.0 Å². The molecular weight excluding hydrogens is 819 g/mol. The number of nitrogens with zero attached hydrogens (tertiary/aromatic N) is 6. The van der Waals surface area contributed by atoms with Crippen molar-refractivity contribution >= 4 is 60.1 Å². The number of amides is 1. The lowest BCUT2D eigenvalue weighted by Crippen LogP contribution is -2.40. The number of halogens is 3. The second kappa shape index (κ2) is 17.2. The number of carbonyl (C=O) groups excluding carboxylic acids is 1. The van der Waals surface area contributed by atoms with E-state index in [0.29, 0.717) is 0 Å². The normalized spacial score (nSPS) is 31.6. The first kappa shape index (κ1) is 41.6. The molecule has 0 radical (unpaired) electrons. The van der Waals surface area contributed by atoms with Crippen LogP contribution in [0.1, 0.15) is 39.3 Å². The molecule has 1 saturated carbocycles. The van der Waals surface area contributed by atoms with Gasteiger partial charge in [-0.05, 0) is 30.0 Å². The van der Waals surface area contributed by atoms with E-state index in [2.05, 4.69) is 30.2 Å². The van der Waals surface area contributed by atoms with Gasteiger partial charge in [0.25, 0.3) is 5.56 Å². The van der Waals surface area contributed by atoms with Crippen molar-refractivity contribution in [2.24, 2.45) is 11.8 Å². The van der Waals surface area contributed by atoms with Gasteiger partial charge in [-0.2, -0.15) is 23.4 Å². The zero-order valence-electron chi connectivity index (χ0n) is 28.9. The van der Waals surface area contributed by atoms with E-state index in [0.717, 1.165) is 6.33 Å². The van der Waals surface area contributed by atoms with Crippen molar-refractivity contribution < 1.29 is 59.7 Å². The van der Waals surface area contributed by atoms with Crippen LogP contribution in [0, 0.1) is 23.2 Å². The molecule has 3 aromatic rings. The minimum absolute atomic E-state index is 0.151. The molecule has 2 saturated heterocycles. The number of carbonyl (C=O) groups is 1. The van der Waals surface area contributed by atoms with Crippen LogP contribution >= 0.6 is 13.4 Å².